The zero-order valence-corrected chi connectivity index (χ0v) is 12.7. The molecule has 1 rings (SSSR count). The molecule has 0 atom stereocenters. The van der Waals surface area contributed by atoms with E-state index in [0.717, 1.165) is 24.9 Å². The van der Waals surface area contributed by atoms with Gasteiger partial charge in [0.05, 0.1) is 6.61 Å². The summed E-state index contributed by atoms with van der Waals surface area (Å²) in [6.07, 6.45) is 2.12. The Balaban J connectivity index is 2.80. The van der Waals surface area contributed by atoms with E-state index in [2.05, 4.69) is 18.7 Å². The summed E-state index contributed by atoms with van der Waals surface area (Å²) in [5.74, 6) is -0.832. The summed E-state index contributed by atoms with van der Waals surface area (Å²) < 4.78 is 5.15. The van der Waals surface area contributed by atoms with Crippen molar-refractivity contribution in [2.24, 2.45) is 0 Å². The second-order valence-corrected chi connectivity index (χ2v) is 5.43. The molecule has 19 heavy (non-hydrogen) atoms. The van der Waals surface area contributed by atoms with Crippen molar-refractivity contribution in [2.45, 2.75) is 39.3 Å². The van der Waals surface area contributed by atoms with E-state index in [1.807, 2.05) is 11.4 Å². The molecule has 0 unspecified atom stereocenters. The van der Waals surface area contributed by atoms with Crippen molar-refractivity contribution in [2.75, 3.05) is 20.3 Å². The summed E-state index contributed by atoms with van der Waals surface area (Å²) in [6.45, 7) is 6.51. The monoisotopic (exact) mass is 285 g/mol. The molecule has 0 amide bonds. The summed E-state index contributed by atoms with van der Waals surface area (Å²) in [4.78, 5) is 13.9. The predicted molar refractivity (Wildman–Crippen MR) is 77.9 cm³/mol. The number of aromatic carboxylic acids is 1. The first-order valence-corrected chi connectivity index (χ1v) is 7.54. The number of carboxylic acid groups (broad SMARTS) is 1. The molecular formula is C14H23NO3S. The predicted octanol–water partition coefficient (Wildman–Crippen LogP) is 3.08. The lowest BCUT2D eigenvalue weighted by molar-refractivity contribution is 0.0697. The summed E-state index contributed by atoms with van der Waals surface area (Å²) in [6, 6.07) is 2.38. The van der Waals surface area contributed by atoms with Gasteiger partial charge in [-0.15, -0.1) is 11.3 Å². The van der Waals surface area contributed by atoms with Crippen LogP contribution in [0.4, 0.5) is 0 Å². The molecule has 0 saturated heterocycles. The van der Waals surface area contributed by atoms with Crippen molar-refractivity contribution in [3.8, 4) is 0 Å². The molecule has 0 spiro atoms. The molecule has 1 aromatic heterocycles. The van der Waals surface area contributed by atoms with E-state index in [4.69, 9.17) is 9.84 Å². The number of methoxy groups -OCH3 is 1. The maximum Gasteiger partial charge on any atom is 0.346 e. The van der Waals surface area contributed by atoms with Crippen LogP contribution in [-0.4, -0.2) is 42.3 Å². The molecule has 5 heteroatoms. The van der Waals surface area contributed by atoms with E-state index in [9.17, 15) is 4.79 Å². The van der Waals surface area contributed by atoms with Gasteiger partial charge < -0.3 is 9.84 Å². The second-order valence-electron chi connectivity index (χ2n) is 4.51. The number of nitrogens with zero attached hydrogens (tertiary/aromatic N) is 1. The Morgan fingerprint density at radius 3 is 2.68 bits per heavy atom. The van der Waals surface area contributed by atoms with Crippen LogP contribution in [0.1, 0.15) is 41.9 Å². The lowest BCUT2D eigenvalue weighted by Gasteiger charge is -2.30. The normalized spacial score (nSPS) is 11.4. The minimum absolute atomic E-state index is 0.452. The van der Waals surface area contributed by atoms with Crippen molar-refractivity contribution in [3.05, 3.63) is 21.9 Å². The first-order chi connectivity index (χ1) is 9.13. The molecule has 1 aromatic rings. The van der Waals surface area contributed by atoms with E-state index in [1.54, 1.807) is 7.11 Å². The smallest absolute Gasteiger partial charge is 0.346 e. The number of carbonyl (C=O) groups is 1. The molecule has 0 fully saturated rings. The zero-order chi connectivity index (χ0) is 14.3. The van der Waals surface area contributed by atoms with Crippen molar-refractivity contribution in [1.29, 1.82) is 0 Å². The first kappa shape index (κ1) is 16.1. The van der Waals surface area contributed by atoms with Crippen molar-refractivity contribution < 1.29 is 14.6 Å². The lowest BCUT2D eigenvalue weighted by atomic mass is 10.1. The molecule has 0 aliphatic rings. The average molecular weight is 285 g/mol. The lowest BCUT2D eigenvalue weighted by Crippen LogP contribution is -2.36. The maximum absolute atomic E-state index is 11.2. The number of rotatable bonds is 9. The van der Waals surface area contributed by atoms with Gasteiger partial charge in [-0.25, -0.2) is 4.79 Å². The highest BCUT2D eigenvalue weighted by atomic mass is 32.1. The van der Waals surface area contributed by atoms with E-state index < -0.39 is 5.97 Å². The highest BCUT2D eigenvalue weighted by Crippen LogP contribution is 2.21. The molecule has 1 heterocycles. The highest BCUT2D eigenvalue weighted by molar-refractivity contribution is 7.12. The van der Waals surface area contributed by atoms with Crippen molar-refractivity contribution in [1.82, 2.24) is 4.90 Å². The largest absolute Gasteiger partial charge is 0.477 e. The van der Waals surface area contributed by atoms with Crippen LogP contribution in [0.15, 0.2) is 11.4 Å². The minimum atomic E-state index is -0.832. The standard InChI is InChI=1S/C14H23NO3S/c1-4-12(5-2)15(7-8-18-3)10-11-6-9-19-13(11)14(16)17/h6,9,12H,4-5,7-8,10H2,1-3H3,(H,16,17). The Hall–Kier alpha value is -0.910. The SMILES string of the molecule is CCC(CC)N(CCOC)Cc1ccsc1C(=O)O. The third kappa shape index (κ3) is 4.60. The number of hydrogen-bond acceptors (Lipinski definition) is 4. The van der Waals surface area contributed by atoms with Gasteiger partial charge in [0.25, 0.3) is 0 Å². The van der Waals surface area contributed by atoms with Crippen LogP contribution >= 0.6 is 11.3 Å². The van der Waals surface area contributed by atoms with E-state index >= 15 is 0 Å². The van der Waals surface area contributed by atoms with Gasteiger partial charge in [0.1, 0.15) is 4.88 Å². The van der Waals surface area contributed by atoms with Crippen LogP contribution in [0, 0.1) is 0 Å². The van der Waals surface area contributed by atoms with Crippen LogP contribution in [0.5, 0.6) is 0 Å². The summed E-state index contributed by atoms with van der Waals surface area (Å²) in [5.41, 5.74) is 0.903. The van der Waals surface area contributed by atoms with Gasteiger partial charge >= 0.3 is 5.97 Å². The molecule has 108 valence electrons. The molecule has 0 aliphatic carbocycles. The summed E-state index contributed by atoms with van der Waals surface area (Å²) in [5, 5.41) is 11.0. The second kappa shape index (κ2) is 8.30. The zero-order valence-electron chi connectivity index (χ0n) is 11.9. The number of carboxylic acids is 1. The topological polar surface area (TPSA) is 49.8 Å². The Kier molecular flexibility index (Phi) is 7.05. The van der Waals surface area contributed by atoms with E-state index in [1.165, 1.54) is 11.3 Å². The quantitative estimate of drug-likeness (QED) is 0.757. The van der Waals surface area contributed by atoms with Crippen LogP contribution in [0.25, 0.3) is 0 Å². The molecule has 0 saturated carbocycles. The highest BCUT2D eigenvalue weighted by Gasteiger charge is 2.19. The fourth-order valence-corrected chi connectivity index (χ4v) is 3.02. The fourth-order valence-electron chi connectivity index (χ4n) is 2.27. The summed E-state index contributed by atoms with van der Waals surface area (Å²) in [7, 11) is 1.69. The Morgan fingerprint density at radius 2 is 2.16 bits per heavy atom. The van der Waals surface area contributed by atoms with Crippen molar-refractivity contribution in [3.63, 3.8) is 0 Å². The minimum Gasteiger partial charge on any atom is -0.477 e. The molecule has 0 aliphatic heterocycles. The average Bonchev–Trinajstić information content (AvgIpc) is 2.85. The van der Waals surface area contributed by atoms with Gasteiger partial charge in [0.15, 0.2) is 0 Å². The van der Waals surface area contributed by atoms with Gasteiger partial charge in [-0.1, -0.05) is 13.8 Å². The Bertz CT molecular complexity index is 388. The molecular weight excluding hydrogens is 262 g/mol. The van der Waals surface area contributed by atoms with Crippen LogP contribution in [0.2, 0.25) is 0 Å². The molecule has 0 radical (unpaired) electrons. The van der Waals surface area contributed by atoms with Gasteiger partial charge in [-0.2, -0.15) is 0 Å². The van der Waals surface area contributed by atoms with Crippen LogP contribution in [0.3, 0.4) is 0 Å². The molecule has 0 bridgehead atoms. The first-order valence-electron chi connectivity index (χ1n) is 6.66. The molecule has 1 N–H and O–H groups in total. The third-order valence-corrected chi connectivity index (χ3v) is 4.30. The molecule has 0 aromatic carbocycles. The van der Waals surface area contributed by atoms with Gasteiger partial charge in [0.2, 0.25) is 0 Å². The molecule has 4 nitrogen and oxygen atoms in total. The van der Waals surface area contributed by atoms with Crippen LogP contribution < -0.4 is 0 Å². The number of ether oxygens (including phenoxy) is 1. The third-order valence-electron chi connectivity index (χ3n) is 3.36. The van der Waals surface area contributed by atoms with Gasteiger partial charge in [-0.05, 0) is 29.9 Å². The number of hydrogen-bond donors (Lipinski definition) is 1. The van der Waals surface area contributed by atoms with Gasteiger partial charge in [0, 0.05) is 26.2 Å². The van der Waals surface area contributed by atoms with Crippen LogP contribution in [-0.2, 0) is 11.3 Å². The Labute approximate surface area is 119 Å². The van der Waals surface area contributed by atoms with Crippen molar-refractivity contribution >= 4 is 17.3 Å². The van der Waals surface area contributed by atoms with E-state index in [0.29, 0.717) is 24.1 Å². The maximum atomic E-state index is 11.2. The van der Waals surface area contributed by atoms with Gasteiger partial charge in [-0.3, -0.25) is 4.90 Å². The van der Waals surface area contributed by atoms with E-state index in [-0.39, 0.29) is 0 Å². The number of thiophene rings is 1. The fraction of sp³-hybridized carbons (Fsp3) is 0.643. The summed E-state index contributed by atoms with van der Waals surface area (Å²) >= 11 is 1.29. The Morgan fingerprint density at radius 1 is 1.47 bits per heavy atom.